The molecular weight excluding hydrogens is 500 g/mol. The minimum atomic E-state index is -0.737. The van der Waals surface area contributed by atoms with Crippen LogP contribution in [-0.4, -0.2) is 65.6 Å². The third-order valence-electron chi connectivity index (χ3n) is 6.88. The number of anilines is 1. The second kappa shape index (κ2) is 11.8. The number of aromatic nitrogens is 1. The van der Waals surface area contributed by atoms with Crippen molar-refractivity contribution < 1.29 is 18.6 Å². The molecule has 2 N–H and O–H groups in total. The maximum Gasteiger partial charge on any atom is 0.150 e. The zero-order valence-corrected chi connectivity index (χ0v) is 23.0. The number of hydrogen-bond donors (Lipinski definition) is 2. The molecule has 4 rings (SSSR count). The Morgan fingerprint density at radius 1 is 1.21 bits per heavy atom. The molecule has 1 aliphatic heterocycles. The molecule has 39 heavy (non-hydrogen) atoms. The molecule has 1 atom stereocenters. The summed E-state index contributed by atoms with van der Waals surface area (Å²) in [5.74, 6) is -0.427. The van der Waals surface area contributed by atoms with E-state index in [1.54, 1.807) is 18.2 Å². The van der Waals surface area contributed by atoms with E-state index in [2.05, 4.69) is 33.6 Å². The minimum Gasteiger partial charge on any atom is -0.506 e. The summed E-state index contributed by atoms with van der Waals surface area (Å²) >= 11 is 0. The van der Waals surface area contributed by atoms with Gasteiger partial charge < -0.3 is 25.0 Å². The molecule has 2 heterocycles. The van der Waals surface area contributed by atoms with Crippen LogP contribution in [0.15, 0.2) is 60.2 Å². The van der Waals surface area contributed by atoms with Gasteiger partial charge in [-0.15, -0.1) is 0 Å². The first-order valence-electron chi connectivity index (χ1n) is 12.9. The fourth-order valence-corrected chi connectivity index (χ4v) is 4.92. The van der Waals surface area contributed by atoms with Gasteiger partial charge in [-0.1, -0.05) is 38.6 Å². The summed E-state index contributed by atoms with van der Waals surface area (Å²) in [5, 5.41) is 13.8. The van der Waals surface area contributed by atoms with Gasteiger partial charge in [0.05, 0.1) is 18.2 Å². The number of aromatic hydroxyl groups is 1. The number of likely N-dealkylation sites (N-methyl/N-ethyl adjacent to an activating group) is 1. The number of amidine groups is 1. The molecule has 0 spiro atoms. The Morgan fingerprint density at radius 3 is 2.62 bits per heavy atom. The summed E-state index contributed by atoms with van der Waals surface area (Å²) in [4.78, 5) is 13.8. The van der Waals surface area contributed by atoms with Crippen molar-refractivity contribution in [3.8, 4) is 22.8 Å². The first-order valence-corrected chi connectivity index (χ1v) is 12.9. The van der Waals surface area contributed by atoms with E-state index in [0.29, 0.717) is 23.6 Å². The third kappa shape index (κ3) is 5.73. The zero-order chi connectivity index (χ0) is 28.3. The van der Waals surface area contributed by atoms with Crippen LogP contribution >= 0.6 is 0 Å². The Labute approximate surface area is 228 Å². The van der Waals surface area contributed by atoms with Crippen molar-refractivity contribution in [2.45, 2.75) is 32.7 Å². The Balaban J connectivity index is 2.00. The summed E-state index contributed by atoms with van der Waals surface area (Å²) in [6.07, 6.45) is 1.43. The molecule has 0 radical (unpaired) electrons. The second-order valence-electron chi connectivity index (χ2n) is 9.99. The Kier molecular flexibility index (Phi) is 8.50. The van der Waals surface area contributed by atoms with Crippen molar-refractivity contribution in [3.63, 3.8) is 0 Å². The third-order valence-corrected chi connectivity index (χ3v) is 6.88. The number of benzene rings is 2. The molecular formula is C30H35F2N5O2. The van der Waals surface area contributed by atoms with Crippen molar-refractivity contribution >= 4 is 17.3 Å². The van der Waals surface area contributed by atoms with Crippen LogP contribution in [0.4, 0.5) is 20.3 Å². The van der Waals surface area contributed by atoms with Gasteiger partial charge in [0.2, 0.25) is 0 Å². The predicted octanol–water partition coefficient (Wildman–Crippen LogP) is 6.13. The predicted molar refractivity (Wildman–Crippen MR) is 152 cm³/mol. The number of pyridine rings is 1. The number of piperazine rings is 1. The van der Waals surface area contributed by atoms with E-state index in [1.807, 2.05) is 27.0 Å². The van der Waals surface area contributed by atoms with Gasteiger partial charge in [-0.2, -0.15) is 0 Å². The monoisotopic (exact) mass is 535 g/mol. The van der Waals surface area contributed by atoms with Crippen LogP contribution in [-0.2, 0) is 0 Å². The molecule has 1 unspecified atom stereocenters. The molecule has 1 saturated heterocycles. The Morgan fingerprint density at radius 2 is 1.95 bits per heavy atom. The molecule has 1 aliphatic rings. The van der Waals surface area contributed by atoms with Gasteiger partial charge in [0, 0.05) is 25.7 Å². The maximum atomic E-state index is 15.9. The van der Waals surface area contributed by atoms with Gasteiger partial charge in [-0.3, -0.25) is 0 Å². The van der Waals surface area contributed by atoms with Gasteiger partial charge in [0.1, 0.15) is 40.4 Å². The van der Waals surface area contributed by atoms with Gasteiger partial charge in [-0.25, -0.2) is 18.8 Å². The number of nitrogens with one attached hydrogen (secondary N) is 1. The van der Waals surface area contributed by atoms with Crippen LogP contribution in [0.1, 0.15) is 37.8 Å². The maximum absolute atomic E-state index is 15.9. The lowest BCUT2D eigenvalue weighted by Gasteiger charge is -2.40. The van der Waals surface area contributed by atoms with E-state index < -0.39 is 11.6 Å². The highest BCUT2D eigenvalue weighted by atomic mass is 19.1. The van der Waals surface area contributed by atoms with Crippen LogP contribution in [0.25, 0.3) is 11.3 Å². The SMILES string of the molecule is C=CNc1nc(-c2c(F)cccc2OC)c(F)cc1C(=Nc1c(O)cccc1C(C)C)N1CCN(C)CC1C. The first kappa shape index (κ1) is 28.0. The van der Waals surface area contributed by atoms with Gasteiger partial charge in [0.15, 0.2) is 5.82 Å². The number of nitrogens with zero attached hydrogens (tertiary/aromatic N) is 4. The number of rotatable bonds is 7. The molecule has 1 fully saturated rings. The highest BCUT2D eigenvalue weighted by Crippen LogP contribution is 2.38. The number of phenols is 1. The molecule has 7 nitrogen and oxygen atoms in total. The van der Waals surface area contributed by atoms with E-state index in [1.165, 1.54) is 31.5 Å². The number of hydrogen-bond acceptors (Lipinski definition) is 6. The quantitative estimate of drug-likeness (QED) is 0.280. The largest absolute Gasteiger partial charge is 0.506 e. The Hall–Kier alpha value is -3.98. The fraction of sp³-hybridized carbons (Fsp3) is 0.333. The number of halogens is 2. The number of para-hydroxylation sites is 1. The van der Waals surface area contributed by atoms with Crippen molar-refractivity contribution in [2.24, 2.45) is 4.99 Å². The molecule has 1 aromatic heterocycles. The zero-order valence-electron chi connectivity index (χ0n) is 23.0. The minimum absolute atomic E-state index is 0.0276. The smallest absolute Gasteiger partial charge is 0.150 e. The lowest BCUT2D eigenvalue weighted by Crippen LogP contribution is -2.53. The lowest BCUT2D eigenvalue weighted by atomic mass is 10.0. The van der Waals surface area contributed by atoms with Crippen molar-refractivity contribution in [2.75, 3.05) is 39.1 Å². The van der Waals surface area contributed by atoms with E-state index in [0.717, 1.165) is 18.7 Å². The number of ether oxygens (including phenoxy) is 1. The van der Waals surface area contributed by atoms with E-state index in [-0.39, 0.29) is 40.5 Å². The Bertz CT molecular complexity index is 1390. The van der Waals surface area contributed by atoms with Crippen molar-refractivity contribution in [3.05, 3.63) is 78.0 Å². The van der Waals surface area contributed by atoms with Crippen LogP contribution in [0.3, 0.4) is 0 Å². The molecule has 0 aliphatic carbocycles. The van der Waals surface area contributed by atoms with E-state index in [4.69, 9.17) is 9.73 Å². The molecule has 206 valence electrons. The molecule has 0 bridgehead atoms. The topological polar surface area (TPSA) is 73.2 Å². The van der Waals surface area contributed by atoms with Crippen molar-refractivity contribution in [1.29, 1.82) is 0 Å². The number of methoxy groups -OCH3 is 1. The second-order valence-corrected chi connectivity index (χ2v) is 9.99. The van der Waals surface area contributed by atoms with Crippen molar-refractivity contribution in [1.82, 2.24) is 14.8 Å². The van der Waals surface area contributed by atoms with Gasteiger partial charge in [-0.05, 0) is 55.9 Å². The summed E-state index contributed by atoms with van der Waals surface area (Å²) in [6, 6.07) is 10.9. The summed E-state index contributed by atoms with van der Waals surface area (Å²) in [6.45, 7) is 12.0. The summed E-state index contributed by atoms with van der Waals surface area (Å²) < 4.78 is 36.1. The molecule has 0 amide bonds. The summed E-state index contributed by atoms with van der Waals surface area (Å²) in [5.41, 5.74) is 1.35. The summed E-state index contributed by atoms with van der Waals surface area (Å²) in [7, 11) is 3.44. The van der Waals surface area contributed by atoms with Crippen LogP contribution in [0.5, 0.6) is 11.5 Å². The molecule has 2 aromatic carbocycles. The average Bonchev–Trinajstić information content (AvgIpc) is 2.89. The van der Waals surface area contributed by atoms with Crippen LogP contribution in [0.2, 0.25) is 0 Å². The van der Waals surface area contributed by atoms with Crippen LogP contribution in [0, 0.1) is 11.6 Å². The standard InChI is InChI=1S/C30H35F2N5O2/c1-7-33-29-21(16-23(32)28(34-29)26-22(31)11-9-13-25(26)39-6)30(37-15-14-36(5)17-19(37)4)35-27-20(18(2)3)10-8-12-24(27)38/h7-13,16,18-19,38H,1,14-15,17H2,2-6H3,(H,33,34). The highest BCUT2D eigenvalue weighted by molar-refractivity contribution is 6.05. The first-order chi connectivity index (χ1) is 18.7. The fourth-order valence-electron chi connectivity index (χ4n) is 4.92. The van der Waals surface area contributed by atoms with Gasteiger partial charge >= 0.3 is 0 Å². The molecule has 3 aromatic rings. The molecule has 0 saturated carbocycles. The number of phenolic OH excluding ortho intramolecular Hbond substituents is 1. The lowest BCUT2D eigenvalue weighted by molar-refractivity contribution is 0.162. The van der Waals surface area contributed by atoms with E-state index in [9.17, 15) is 9.50 Å². The van der Waals surface area contributed by atoms with E-state index >= 15 is 4.39 Å². The number of aliphatic imine (C=N–C) groups is 1. The van der Waals surface area contributed by atoms with Gasteiger partial charge in [0.25, 0.3) is 0 Å². The molecule has 9 heteroatoms. The highest BCUT2D eigenvalue weighted by Gasteiger charge is 2.30. The average molecular weight is 536 g/mol. The van der Waals surface area contributed by atoms with Crippen LogP contribution < -0.4 is 10.1 Å². The normalized spacial score (nSPS) is 16.5.